The van der Waals surface area contributed by atoms with E-state index in [0.29, 0.717) is 6.42 Å². The first kappa shape index (κ1) is 14.7. The molecule has 1 rings (SSSR count). The molecule has 0 radical (unpaired) electrons. The zero-order valence-electron chi connectivity index (χ0n) is 10.4. The fraction of sp³-hybridized carbons (Fsp3) is 0.385. The lowest BCUT2D eigenvalue weighted by Gasteiger charge is -2.15. The molecular weight excluding hydrogens is 298 g/mol. The van der Waals surface area contributed by atoms with E-state index in [1.807, 2.05) is 24.3 Å². The number of aliphatic carboxylic acids is 1. The Balaban J connectivity index is 2.75. The molecule has 1 N–H and O–H groups in total. The molecule has 0 spiro atoms. The number of rotatable bonds is 5. The SMILES string of the molecule is CN(C)C(=O)CC(Cc1cccc(Br)c1)C(=O)O. The smallest absolute Gasteiger partial charge is 0.307 e. The highest BCUT2D eigenvalue weighted by Gasteiger charge is 2.22. The predicted molar refractivity (Wildman–Crippen MR) is 72.3 cm³/mol. The van der Waals surface area contributed by atoms with Crippen LogP contribution in [0.2, 0.25) is 0 Å². The van der Waals surface area contributed by atoms with Crippen molar-refractivity contribution >= 4 is 27.8 Å². The number of benzene rings is 1. The quantitative estimate of drug-likeness (QED) is 0.906. The van der Waals surface area contributed by atoms with Crippen molar-refractivity contribution in [2.45, 2.75) is 12.8 Å². The summed E-state index contributed by atoms with van der Waals surface area (Å²) in [7, 11) is 3.25. The van der Waals surface area contributed by atoms with E-state index in [0.717, 1.165) is 10.0 Å². The van der Waals surface area contributed by atoms with Gasteiger partial charge in [-0.15, -0.1) is 0 Å². The number of nitrogens with zero attached hydrogens (tertiary/aromatic N) is 1. The molecule has 1 unspecified atom stereocenters. The van der Waals surface area contributed by atoms with Crippen LogP contribution in [-0.4, -0.2) is 36.0 Å². The summed E-state index contributed by atoms with van der Waals surface area (Å²) < 4.78 is 0.906. The van der Waals surface area contributed by atoms with Crippen molar-refractivity contribution in [3.8, 4) is 0 Å². The first-order valence-electron chi connectivity index (χ1n) is 5.57. The molecule has 0 bridgehead atoms. The van der Waals surface area contributed by atoms with E-state index >= 15 is 0 Å². The molecule has 0 aliphatic carbocycles. The zero-order valence-corrected chi connectivity index (χ0v) is 12.0. The second-order valence-electron chi connectivity index (χ2n) is 4.36. The molecule has 0 fully saturated rings. The molecule has 98 valence electrons. The minimum absolute atomic E-state index is 0.0227. The Morgan fingerprint density at radius 1 is 1.39 bits per heavy atom. The summed E-state index contributed by atoms with van der Waals surface area (Å²) in [5.74, 6) is -1.79. The van der Waals surface area contributed by atoms with E-state index in [9.17, 15) is 9.59 Å². The third kappa shape index (κ3) is 4.49. The Morgan fingerprint density at radius 2 is 2.06 bits per heavy atom. The van der Waals surface area contributed by atoms with Gasteiger partial charge in [0.15, 0.2) is 0 Å². The van der Waals surface area contributed by atoms with Gasteiger partial charge in [-0.05, 0) is 24.1 Å². The molecule has 0 aliphatic heterocycles. The molecule has 1 amide bonds. The third-order valence-corrected chi connectivity index (χ3v) is 3.13. The Kier molecular flexibility index (Phi) is 5.34. The molecule has 0 saturated carbocycles. The van der Waals surface area contributed by atoms with E-state index in [2.05, 4.69) is 15.9 Å². The van der Waals surface area contributed by atoms with Crippen LogP contribution in [0.3, 0.4) is 0 Å². The maximum absolute atomic E-state index is 11.6. The second-order valence-corrected chi connectivity index (χ2v) is 5.28. The Morgan fingerprint density at radius 3 is 2.56 bits per heavy atom. The topological polar surface area (TPSA) is 57.6 Å². The fourth-order valence-electron chi connectivity index (χ4n) is 1.59. The molecule has 0 heterocycles. The highest BCUT2D eigenvalue weighted by atomic mass is 79.9. The summed E-state index contributed by atoms with van der Waals surface area (Å²) >= 11 is 3.34. The molecule has 0 saturated heterocycles. The van der Waals surface area contributed by atoms with Crippen molar-refractivity contribution in [1.82, 2.24) is 4.90 Å². The normalized spacial score (nSPS) is 11.9. The zero-order chi connectivity index (χ0) is 13.7. The third-order valence-electron chi connectivity index (χ3n) is 2.64. The van der Waals surface area contributed by atoms with Gasteiger partial charge in [-0.2, -0.15) is 0 Å². The maximum atomic E-state index is 11.6. The van der Waals surface area contributed by atoms with E-state index in [-0.39, 0.29) is 12.3 Å². The summed E-state index contributed by atoms with van der Waals surface area (Å²) in [4.78, 5) is 24.1. The summed E-state index contributed by atoms with van der Waals surface area (Å²) in [5.41, 5.74) is 0.906. The van der Waals surface area contributed by atoms with Gasteiger partial charge >= 0.3 is 5.97 Å². The fourth-order valence-corrected chi connectivity index (χ4v) is 2.04. The summed E-state index contributed by atoms with van der Waals surface area (Å²) in [6.07, 6.45) is 0.378. The van der Waals surface area contributed by atoms with Gasteiger partial charge in [-0.3, -0.25) is 9.59 Å². The van der Waals surface area contributed by atoms with Gasteiger partial charge in [0.1, 0.15) is 0 Å². The van der Waals surface area contributed by atoms with Gasteiger partial charge in [-0.1, -0.05) is 28.1 Å². The average Bonchev–Trinajstić information content (AvgIpc) is 2.27. The van der Waals surface area contributed by atoms with Gasteiger partial charge in [0, 0.05) is 25.0 Å². The number of hydrogen-bond acceptors (Lipinski definition) is 2. The van der Waals surface area contributed by atoms with Crippen molar-refractivity contribution in [3.63, 3.8) is 0 Å². The van der Waals surface area contributed by atoms with Gasteiger partial charge in [0.05, 0.1) is 5.92 Å². The summed E-state index contributed by atoms with van der Waals surface area (Å²) in [5, 5.41) is 9.15. The van der Waals surface area contributed by atoms with E-state index in [4.69, 9.17) is 5.11 Å². The number of hydrogen-bond donors (Lipinski definition) is 1. The Hall–Kier alpha value is -1.36. The molecule has 5 heteroatoms. The van der Waals surface area contributed by atoms with Gasteiger partial charge < -0.3 is 10.0 Å². The van der Waals surface area contributed by atoms with Crippen LogP contribution in [0.25, 0.3) is 0 Å². The Bertz CT molecular complexity index is 446. The first-order chi connectivity index (χ1) is 8.40. The van der Waals surface area contributed by atoms with E-state index in [1.165, 1.54) is 4.90 Å². The molecule has 1 atom stereocenters. The number of carbonyl (C=O) groups excluding carboxylic acids is 1. The molecule has 1 aromatic carbocycles. The van der Waals surface area contributed by atoms with Crippen molar-refractivity contribution in [1.29, 1.82) is 0 Å². The van der Waals surface area contributed by atoms with Crippen molar-refractivity contribution in [2.24, 2.45) is 5.92 Å². The molecule has 0 aromatic heterocycles. The summed E-state index contributed by atoms with van der Waals surface area (Å²) in [6, 6.07) is 7.47. The first-order valence-corrected chi connectivity index (χ1v) is 6.37. The van der Waals surface area contributed by atoms with Crippen LogP contribution in [0.4, 0.5) is 0 Å². The van der Waals surface area contributed by atoms with Crippen molar-refractivity contribution < 1.29 is 14.7 Å². The lowest BCUT2D eigenvalue weighted by atomic mass is 9.96. The Labute approximate surface area is 115 Å². The average molecular weight is 314 g/mol. The minimum Gasteiger partial charge on any atom is -0.481 e. The van der Waals surface area contributed by atoms with Gasteiger partial charge in [0.2, 0.25) is 5.91 Å². The number of carboxylic acid groups (broad SMARTS) is 1. The van der Waals surface area contributed by atoms with Crippen LogP contribution in [0.15, 0.2) is 28.7 Å². The van der Waals surface area contributed by atoms with Crippen LogP contribution >= 0.6 is 15.9 Å². The number of carbonyl (C=O) groups is 2. The minimum atomic E-state index is -0.940. The predicted octanol–water partition coefficient (Wildman–Crippen LogP) is 2.17. The number of halogens is 1. The van der Waals surface area contributed by atoms with Crippen molar-refractivity contribution in [3.05, 3.63) is 34.3 Å². The van der Waals surface area contributed by atoms with Crippen LogP contribution in [0, 0.1) is 5.92 Å². The monoisotopic (exact) mass is 313 g/mol. The molecular formula is C13H16BrNO3. The van der Waals surface area contributed by atoms with Crippen LogP contribution in [0.5, 0.6) is 0 Å². The van der Waals surface area contributed by atoms with Gasteiger partial charge in [-0.25, -0.2) is 0 Å². The van der Waals surface area contributed by atoms with E-state index in [1.54, 1.807) is 14.1 Å². The van der Waals surface area contributed by atoms with Crippen LogP contribution in [0.1, 0.15) is 12.0 Å². The standard InChI is InChI=1S/C13H16BrNO3/c1-15(2)12(16)8-10(13(17)18)6-9-4-3-5-11(14)7-9/h3-5,7,10H,6,8H2,1-2H3,(H,17,18). The second kappa shape index (κ2) is 6.54. The maximum Gasteiger partial charge on any atom is 0.307 e. The van der Waals surface area contributed by atoms with Crippen molar-refractivity contribution in [2.75, 3.05) is 14.1 Å². The molecule has 4 nitrogen and oxygen atoms in total. The molecule has 1 aromatic rings. The highest BCUT2D eigenvalue weighted by molar-refractivity contribution is 9.10. The lowest BCUT2D eigenvalue weighted by Crippen LogP contribution is -2.28. The summed E-state index contributed by atoms with van der Waals surface area (Å²) in [6.45, 7) is 0. The van der Waals surface area contributed by atoms with Crippen LogP contribution < -0.4 is 0 Å². The number of amides is 1. The molecule has 0 aliphatic rings. The van der Waals surface area contributed by atoms with Gasteiger partial charge in [0.25, 0.3) is 0 Å². The van der Waals surface area contributed by atoms with Crippen LogP contribution in [-0.2, 0) is 16.0 Å². The van der Waals surface area contributed by atoms with E-state index < -0.39 is 11.9 Å². The molecule has 18 heavy (non-hydrogen) atoms. The highest BCUT2D eigenvalue weighted by Crippen LogP contribution is 2.17. The largest absolute Gasteiger partial charge is 0.481 e. The lowest BCUT2D eigenvalue weighted by molar-refractivity contribution is -0.145. The number of carboxylic acids is 1.